The third-order valence-corrected chi connectivity index (χ3v) is 4.10. The van der Waals surface area contributed by atoms with Crippen molar-refractivity contribution in [3.8, 4) is 11.4 Å². The highest BCUT2D eigenvalue weighted by molar-refractivity contribution is 5.74. The number of benzene rings is 1. The Morgan fingerprint density at radius 2 is 2.00 bits per heavy atom. The quantitative estimate of drug-likeness (QED) is 0.872. The topological polar surface area (TPSA) is 100 Å². The molecule has 0 radical (unpaired) electrons. The maximum atomic E-state index is 12.4. The van der Waals surface area contributed by atoms with Gasteiger partial charge in [0.2, 0.25) is 0 Å². The predicted octanol–water partition coefficient (Wildman–Crippen LogP) is 1.32. The molecule has 2 amide bonds. The van der Waals surface area contributed by atoms with Gasteiger partial charge < -0.3 is 19.9 Å². The van der Waals surface area contributed by atoms with Crippen molar-refractivity contribution in [1.82, 2.24) is 25.4 Å². The molecule has 2 N–H and O–H groups in total. The molecule has 1 aromatic carbocycles. The van der Waals surface area contributed by atoms with Crippen molar-refractivity contribution in [1.29, 1.82) is 0 Å². The highest BCUT2D eigenvalue weighted by Crippen LogP contribution is 2.14. The second-order valence-corrected chi connectivity index (χ2v) is 5.76. The molecule has 0 aliphatic carbocycles. The van der Waals surface area contributed by atoms with E-state index in [-0.39, 0.29) is 17.3 Å². The van der Waals surface area contributed by atoms with Gasteiger partial charge in [-0.3, -0.25) is 4.79 Å². The van der Waals surface area contributed by atoms with E-state index < -0.39 is 6.04 Å². The lowest BCUT2D eigenvalue weighted by molar-refractivity contribution is 0.0524. The number of hydrogen-bond acceptors (Lipinski definition) is 5. The SMILES string of the molecule is CCC(NC(=O)N1CCOCC1)c1nnc(-c2ccccc2)[nH]c1=O. The minimum atomic E-state index is -0.489. The Labute approximate surface area is 145 Å². The minimum absolute atomic E-state index is 0.212. The summed E-state index contributed by atoms with van der Waals surface area (Å²) in [5.41, 5.74) is 0.649. The molecule has 3 rings (SSSR count). The molecule has 0 bridgehead atoms. The molecule has 1 saturated heterocycles. The summed E-state index contributed by atoms with van der Waals surface area (Å²) in [7, 11) is 0. The zero-order valence-electron chi connectivity index (χ0n) is 14.1. The highest BCUT2D eigenvalue weighted by Gasteiger charge is 2.23. The average Bonchev–Trinajstić information content (AvgIpc) is 2.67. The summed E-state index contributed by atoms with van der Waals surface area (Å²) in [4.78, 5) is 29.2. The van der Waals surface area contributed by atoms with Crippen molar-refractivity contribution in [2.75, 3.05) is 26.3 Å². The monoisotopic (exact) mass is 343 g/mol. The first kappa shape index (κ1) is 17.1. The molecule has 1 unspecified atom stereocenters. The molecule has 1 fully saturated rings. The Morgan fingerprint density at radius 3 is 2.64 bits per heavy atom. The minimum Gasteiger partial charge on any atom is -0.378 e. The summed E-state index contributed by atoms with van der Waals surface area (Å²) in [5.74, 6) is 0.406. The van der Waals surface area contributed by atoms with Crippen molar-refractivity contribution in [3.05, 3.63) is 46.4 Å². The van der Waals surface area contributed by atoms with Crippen molar-refractivity contribution < 1.29 is 9.53 Å². The molecule has 1 atom stereocenters. The van der Waals surface area contributed by atoms with Crippen LogP contribution in [0, 0.1) is 0 Å². The van der Waals surface area contributed by atoms with E-state index in [2.05, 4.69) is 20.5 Å². The van der Waals surface area contributed by atoms with E-state index in [1.165, 1.54) is 0 Å². The zero-order valence-corrected chi connectivity index (χ0v) is 14.1. The van der Waals surface area contributed by atoms with Crippen molar-refractivity contribution in [3.63, 3.8) is 0 Å². The van der Waals surface area contributed by atoms with Crippen LogP contribution in [0.25, 0.3) is 11.4 Å². The molecule has 0 spiro atoms. The normalized spacial score (nSPS) is 15.6. The number of aromatic nitrogens is 3. The zero-order chi connectivity index (χ0) is 17.6. The summed E-state index contributed by atoms with van der Waals surface area (Å²) in [6.45, 7) is 4.01. The molecular formula is C17H21N5O3. The standard InChI is InChI=1S/C17H21N5O3/c1-2-13(18-17(24)22-8-10-25-11-9-22)14-16(23)19-15(21-20-14)12-6-4-3-5-7-12/h3-7,13H,2,8-11H2,1H3,(H,18,24)(H,19,21,23). The van der Waals surface area contributed by atoms with Crippen LogP contribution in [0.4, 0.5) is 4.79 Å². The Hall–Kier alpha value is -2.74. The van der Waals surface area contributed by atoms with Crippen LogP contribution in [0.1, 0.15) is 25.1 Å². The van der Waals surface area contributed by atoms with Crippen LogP contribution < -0.4 is 10.9 Å². The van der Waals surface area contributed by atoms with Gasteiger partial charge in [0.1, 0.15) is 0 Å². The Morgan fingerprint density at radius 1 is 1.28 bits per heavy atom. The number of nitrogens with one attached hydrogen (secondary N) is 2. The first-order valence-corrected chi connectivity index (χ1v) is 8.34. The molecule has 1 aliphatic heterocycles. The number of ether oxygens (including phenoxy) is 1. The molecule has 0 saturated carbocycles. The number of aromatic amines is 1. The van der Waals surface area contributed by atoms with Crippen LogP contribution in [0.5, 0.6) is 0 Å². The van der Waals surface area contributed by atoms with Crippen LogP contribution >= 0.6 is 0 Å². The number of urea groups is 1. The maximum Gasteiger partial charge on any atom is 0.318 e. The lowest BCUT2D eigenvalue weighted by Crippen LogP contribution is -2.47. The Balaban J connectivity index is 1.76. The smallest absolute Gasteiger partial charge is 0.318 e. The van der Waals surface area contributed by atoms with E-state index >= 15 is 0 Å². The maximum absolute atomic E-state index is 12.4. The lowest BCUT2D eigenvalue weighted by atomic mass is 10.1. The number of carbonyl (C=O) groups is 1. The van der Waals surface area contributed by atoms with Gasteiger partial charge >= 0.3 is 6.03 Å². The van der Waals surface area contributed by atoms with Gasteiger partial charge in [0, 0.05) is 18.7 Å². The van der Waals surface area contributed by atoms with E-state index in [0.717, 1.165) is 5.56 Å². The number of carbonyl (C=O) groups excluding carboxylic acids is 1. The van der Waals surface area contributed by atoms with E-state index in [0.29, 0.717) is 38.5 Å². The Kier molecular flexibility index (Phi) is 5.39. The molecule has 1 aromatic heterocycles. The molecule has 2 aromatic rings. The van der Waals surface area contributed by atoms with Crippen LogP contribution in [-0.2, 0) is 4.74 Å². The van der Waals surface area contributed by atoms with Gasteiger partial charge in [0.05, 0.1) is 19.3 Å². The van der Waals surface area contributed by atoms with Crippen LogP contribution in [-0.4, -0.2) is 52.4 Å². The molecule has 8 nitrogen and oxygen atoms in total. The van der Waals surface area contributed by atoms with Crippen LogP contribution in [0.3, 0.4) is 0 Å². The van der Waals surface area contributed by atoms with E-state index in [1.807, 2.05) is 37.3 Å². The number of nitrogens with zero attached hydrogens (tertiary/aromatic N) is 3. The third-order valence-electron chi connectivity index (χ3n) is 4.10. The van der Waals surface area contributed by atoms with Gasteiger partial charge in [0.15, 0.2) is 11.5 Å². The fourth-order valence-corrected chi connectivity index (χ4v) is 2.67. The largest absolute Gasteiger partial charge is 0.378 e. The van der Waals surface area contributed by atoms with Crippen molar-refractivity contribution >= 4 is 6.03 Å². The number of hydrogen-bond donors (Lipinski definition) is 2. The second-order valence-electron chi connectivity index (χ2n) is 5.76. The van der Waals surface area contributed by atoms with Gasteiger partial charge in [-0.2, -0.15) is 0 Å². The fourth-order valence-electron chi connectivity index (χ4n) is 2.67. The Bertz CT molecular complexity index is 771. The fraction of sp³-hybridized carbons (Fsp3) is 0.412. The summed E-state index contributed by atoms with van der Waals surface area (Å²) >= 11 is 0. The molecule has 8 heteroatoms. The molecule has 2 heterocycles. The summed E-state index contributed by atoms with van der Waals surface area (Å²) < 4.78 is 5.24. The number of amides is 2. The second kappa shape index (κ2) is 7.89. The highest BCUT2D eigenvalue weighted by atomic mass is 16.5. The van der Waals surface area contributed by atoms with Gasteiger partial charge in [-0.05, 0) is 6.42 Å². The van der Waals surface area contributed by atoms with Gasteiger partial charge in [-0.15, -0.1) is 10.2 Å². The predicted molar refractivity (Wildman–Crippen MR) is 92.0 cm³/mol. The number of morpholine rings is 1. The first-order valence-electron chi connectivity index (χ1n) is 8.34. The molecule has 1 aliphatic rings. The average molecular weight is 343 g/mol. The summed E-state index contributed by atoms with van der Waals surface area (Å²) in [6.07, 6.45) is 0.540. The van der Waals surface area contributed by atoms with E-state index in [4.69, 9.17) is 4.74 Å². The third kappa shape index (κ3) is 4.03. The van der Waals surface area contributed by atoms with Crippen LogP contribution in [0.2, 0.25) is 0 Å². The van der Waals surface area contributed by atoms with E-state index in [1.54, 1.807) is 4.90 Å². The van der Waals surface area contributed by atoms with Gasteiger partial charge in [0.25, 0.3) is 5.56 Å². The number of rotatable bonds is 4. The summed E-state index contributed by atoms with van der Waals surface area (Å²) in [6, 6.07) is 8.59. The molecule has 25 heavy (non-hydrogen) atoms. The molecule has 132 valence electrons. The van der Waals surface area contributed by atoms with E-state index in [9.17, 15) is 9.59 Å². The molecular weight excluding hydrogens is 322 g/mol. The first-order chi connectivity index (χ1) is 12.2. The van der Waals surface area contributed by atoms with Gasteiger partial charge in [-0.25, -0.2) is 4.79 Å². The van der Waals surface area contributed by atoms with Crippen LogP contribution in [0.15, 0.2) is 35.1 Å². The number of H-pyrrole nitrogens is 1. The van der Waals surface area contributed by atoms with Crippen molar-refractivity contribution in [2.24, 2.45) is 0 Å². The lowest BCUT2D eigenvalue weighted by Gasteiger charge is -2.28. The van der Waals surface area contributed by atoms with Gasteiger partial charge in [-0.1, -0.05) is 37.3 Å². The van der Waals surface area contributed by atoms with Crippen molar-refractivity contribution in [2.45, 2.75) is 19.4 Å². The summed E-state index contributed by atoms with van der Waals surface area (Å²) in [5, 5.41) is 11.0.